The van der Waals surface area contributed by atoms with Crippen molar-refractivity contribution in [2.24, 2.45) is 10.2 Å². The molecule has 1 aromatic rings. The summed E-state index contributed by atoms with van der Waals surface area (Å²) in [5.41, 5.74) is -0.989. The van der Waals surface area contributed by atoms with Crippen LogP contribution in [0.1, 0.15) is 35.4 Å². The molecule has 0 spiro atoms. The van der Waals surface area contributed by atoms with Crippen LogP contribution in [-0.4, -0.2) is 35.2 Å². The van der Waals surface area contributed by atoms with Gasteiger partial charge in [-0.2, -0.15) is 10.2 Å². The summed E-state index contributed by atoms with van der Waals surface area (Å²) in [5.74, 6) is 2.43. The smallest absolute Gasteiger partial charge is 0.263 e. The summed E-state index contributed by atoms with van der Waals surface area (Å²) in [5, 5.41) is 10.6. The fourth-order valence-electron chi connectivity index (χ4n) is 1.94. The number of amides is 1. The van der Waals surface area contributed by atoms with Gasteiger partial charge in [-0.05, 0) is 0 Å². The molecule has 1 aromatic heterocycles. The van der Waals surface area contributed by atoms with Crippen molar-refractivity contribution in [1.82, 2.24) is 15.3 Å². The monoisotopic (exact) mass is 303 g/mol. The minimum absolute atomic E-state index is 0.0396. The molecule has 0 fully saturated rings. The van der Waals surface area contributed by atoms with E-state index < -0.39 is 17.1 Å². The second kappa shape index (κ2) is 6.95. The summed E-state index contributed by atoms with van der Waals surface area (Å²) in [4.78, 5) is 30.2. The maximum Gasteiger partial charge on any atom is 0.263 e. The summed E-state index contributed by atoms with van der Waals surface area (Å²) < 4.78 is 4.86. The Kier molecular flexibility index (Phi) is 5.01. The largest absolute Gasteiger partial charge is 0.377 e. The number of aromatic amines is 1. The van der Waals surface area contributed by atoms with E-state index in [9.17, 15) is 9.59 Å². The Morgan fingerprint density at radius 2 is 2.27 bits per heavy atom. The fourth-order valence-corrected chi connectivity index (χ4v) is 1.94. The van der Waals surface area contributed by atoms with E-state index in [1.54, 1.807) is 0 Å². The highest BCUT2D eigenvalue weighted by molar-refractivity contribution is 5.93. The molecule has 0 atom stereocenters. The number of hydrogen-bond acceptors (Lipinski definition) is 6. The van der Waals surface area contributed by atoms with E-state index in [1.807, 2.05) is 0 Å². The van der Waals surface area contributed by atoms with Gasteiger partial charge in [-0.3, -0.25) is 9.59 Å². The molecule has 1 aliphatic rings. The van der Waals surface area contributed by atoms with E-state index >= 15 is 0 Å². The van der Waals surface area contributed by atoms with Crippen LogP contribution in [0.4, 0.5) is 0 Å². The van der Waals surface area contributed by atoms with Crippen molar-refractivity contribution in [3.05, 3.63) is 27.9 Å². The predicted octanol–water partition coefficient (Wildman–Crippen LogP) is 0.612. The first kappa shape index (κ1) is 15.9. The topological polar surface area (TPSA) is 109 Å². The molecule has 0 radical (unpaired) electrons. The lowest BCUT2D eigenvalue weighted by Crippen LogP contribution is -2.33. The van der Waals surface area contributed by atoms with Crippen molar-refractivity contribution < 1.29 is 9.53 Å². The molecule has 1 amide bonds. The average molecular weight is 303 g/mol. The number of aromatic nitrogens is 2. The average Bonchev–Trinajstić information content (AvgIpc) is 3.26. The van der Waals surface area contributed by atoms with Crippen LogP contribution >= 0.6 is 0 Å². The Bertz CT molecular complexity index is 668. The number of hydrogen-bond donors (Lipinski definition) is 2. The van der Waals surface area contributed by atoms with E-state index in [0.717, 1.165) is 0 Å². The molecule has 0 unspecified atom stereocenters. The zero-order chi connectivity index (χ0) is 16.0. The summed E-state index contributed by atoms with van der Waals surface area (Å²) in [6.07, 6.45) is 8.27. The third-order valence-electron chi connectivity index (χ3n) is 3.24. The van der Waals surface area contributed by atoms with E-state index in [0.29, 0.717) is 31.6 Å². The summed E-state index contributed by atoms with van der Waals surface area (Å²) in [6.45, 7) is 0.535. The van der Waals surface area contributed by atoms with Crippen LogP contribution in [0, 0.1) is 12.3 Å². The fraction of sp³-hybridized carbons (Fsp3) is 0.500. The molecule has 0 aliphatic carbocycles. The first-order valence-electron chi connectivity index (χ1n) is 6.83. The molecular weight excluding hydrogens is 286 g/mol. The van der Waals surface area contributed by atoms with E-state index in [-0.39, 0.29) is 12.2 Å². The molecule has 0 bridgehead atoms. The third-order valence-corrected chi connectivity index (χ3v) is 3.24. The Morgan fingerprint density at radius 1 is 1.50 bits per heavy atom. The summed E-state index contributed by atoms with van der Waals surface area (Å²) >= 11 is 0. The van der Waals surface area contributed by atoms with Gasteiger partial charge in [0.25, 0.3) is 11.5 Å². The molecule has 8 nitrogen and oxygen atoms in total. The number of rotatable bonds is 8. The molecule has 0 saturated heterocycles. The highest BCUT2D eigenvalue weighted by atomic mass is 16.5. The van der Waals surface area contributed by atoms with Crippen LogP contribution in [0.15, 0.2) is 21.2 Å². The second-order valence-electron chi connectivity index (χ2n) is 4.90. The molecule has 0 aromatic carbocycles. The Hall–Kier alpha value is -2.53. The van der Waals surface area contributed by atoms with Gasteiger partial charge in [-0.15, -0.1) is 12.3 Å². The molecule has 2 N–H and O–H groups in total. The third kappa shape index (κ3) is 3.99. The van der Waals surface area contributed by atoms with Crippen molar-refractivity contribution in [2.75, 3.05) is 13.7 Å². The molecule has 8 heteroatoms. The Balaban J connectivity index is 1.85. The molecule has 116 valence electrons. The second-order valence-corrected chi connectivity index (χ2v) is 4.90. The van der Waals surface area contributed by atoms with Crippen LogP contribution in [0.5, 0.6) is 0 Å². The van der Waals surface area contributed by atoms with Crippen LogP contribution in [0.3, 0.4) is 0 Å². The quantitative estimate of drug-likeness (QED) is 0.686. The summed E-state index contributed by atoms with van der Waals surface area (Å²) in [7, 11) is 1.49. The number of ether oxygens (including phenoxy) is 1. The van der Waals surface area contributed by atoms with Gasteiger partial charge in [0.1, 0.15) is 18.0 Å². The van der Waals surface area contributed by atoms with Crippen molar-refractivity contribution in [3.8, 4) is 12.3 Å². The lowest BCUT2D eigenvalue weighted by atomic mass is 10.0. The number of nitrogens with zero attached hydrogens (tertiary/aromatic N) is 3. The van der Waals surface area contributed by atoms with Crippen LogP contribution < -0.4 is 10.9 Å². The van der Waals surface area contributed by atoms with E-state index in [4.69, 9.17) is 11.2 Å². The van der Waals surface area contributed by atoms with Crippen LogP contribution in [-0.2, 0) is 11.3 Å². The lowest BCUT2D eigenvalue weighted by molar-refractivity contribution is 0.0949. The molecule has 1 aliphatic heterocycles. The van der Waals surface area contributed by atoms with E-state index in [1.165, 1.54) is 13.3 Å². The predicted molar refractivity (Wildman–Crippen MR) is 78.2 cm³/mol. The lowest BCUT2D eigenvalue weighted by Gasteiger charge is -2.09. The number of nitrogens with one attached hydrogen (secondary N) is 2. The standard InChI is InChI=1S/C14H17N5O3/c1-3-4-5-14(18-19-14)6-7-15-12(20)10-8-16-11(9-22-2)17-13(10)21/h1,8H,4-7,9H2,2H3,(H,15,20)(H,16,17,21). The van der Waals surface area contributed by atoms with Crippen LogP contribution in [0.25, 0.3) is 0 Å². The van der Waals surface area contributed by atoms with Gasteiger partial charge in [0.15, 0.2) is 5.66 Å². The van der Waals surface area contributed by atoms with Gasteiger partial charge in [-0.25, -0.2) is 4.98 Å². The summed E-state index contributed by atoms with van der Waals surface area (Å²) in [6, 6.07) is 0. The van der Waals surface area contributed by atoms with Gasteiger partial charge in [-0.1, -0.05) is 0 Å². The van der Waals surface area contributed by atoms with Crippen molar-refractivity contribution in [1.29, 1.82) is 0 Å². The van der Waals surface area contributed by atoms with Crippen molar-refractivity contribution in [2.45, 2.75) is 31.5 Å². The number of carbonyl (C=O) groups is 1. The number of carbonyl (C=O) groups excluding carboxylic acids is 1. The maximum absolute atomic E-state index is 12.0. The van der Waals surface area contributed by atoms with Gasteiger partial charge in [0, 0.05) is 39.1 Å². The first-order chi connectivity index (χ1) is 10.6. The van der Waals surface area contributed by atoms with Crippen LogP contribution in [0.2, 0.25) is 0 Å². The number of methoxy groups -OCH3 is 1. The molecule has 22 heavy (non-hydrogen) atoms. The van der Waals surface area contributed by atoms with Gasteiger partial charge >= 0.3 is 0 Å². The molecular formula is C14H17N5O3. The number of H-pyrrole nitrogens is 1. The highest BCUT2D eigenvalue weighted by Crippen LogP contribution is 2.35. The normalized spacial score (nSPS) is 14.4. The zero-order valence-electron chi connectivity index (χ0n) is 12.3. The van der Waals surface area contributed by atoms with Gasteiger partial charge < -0.3 is 15.0 Å². The number of terminal acetylenes is 1. The maximum atomic E-state index is 12.0. The Morgan fingerprint density at radius 3 is 2.86 bits per heavy atom. The SMILES string of the molecule is C#CCCC1(CCNC(=O)c2cnc(COC)[nH]c2=O)N=N1. The molecule has 2 heterocycles. The molecule has 0 saturated carbocycles. The Labute approximate surface area is 127 Å². The minimum Gasteiger partial charge on any atom is -0.377 e. The van der Waals surface area contributed by atoms with Crippen molar-refractivity contribution >= 4 is 5.91 Å². The van der Waals surface area contributed by atoms with E-state index in [2.05, 4.69) is 31.4 Å². The van der Waals surface area contributed by atoms with Crippen molar-refractivity contribution in [3.63, 3.8) is 0 Å². The van der Waals surface area contributed by atoms with Gasteiger partial charge in [0.05, 0.1) is 0 Å². The first-order valence-corrected chi connectivity index (χ1v) is 6.83. The van der Waals surface area contributed by atoms with Gasteiger partial charge in [0.2, 0.25) is 0 Å². The zero-order valence-corrected chi connectivity index (χ0v) is 12.3. The molecule has 2 rings (SSSR count). The minimum atomic E-state index is -0.498. The highest BCUT2D eigenvalue weighted by Gasteiger charge is 2.38.